The van der Waals surface area contributed by atoms with Gasteiger partial charge in [0.1, 0.15) is 5.75 Å². The molecule has 3 heteroatoms. The number of benzene rings is 1. The van der Waals surface area contributed by atoms with Gasteiger partial charge in [-0.1, -0.05) is 5.16 Å². The van der Waals surface area contributed by atoms with Gasteiger partial charge in [-0.05, 0) is 42.7 Å². The van der Waals surface area contributed by atoms with E-state index in [-0.39, 0.29) is 0 Å². The molecule has 0 aromatic heterocycles. The van der Waals surface area contributed by atoms with Crippen LogP contribution in [0.4, 0.5) is 0 Å². The molecule has 1 rings (SSSR count). The number of hydrogen-bond acceptors (Lipinski definition) is 3. The summed E-state index contributed by atoms with van der Waals surface area (Å²) in [5.41, 5.74) is 3.04. The molecule has 0 unspecified atom stereocenters. The fraction of sp³-hybridized carbons (Fsp3) is 0.300. The molecule has 1 N–H and O–H groups in total. The molecule has 0 amide bonds. The van der Waals surface area contributed by atoms with Gasteiger partial charge in [0.25, 0.3) is 0 Å². The molecule has 0 aliphatic carbocycles. The summed E-state index contributed by atoms with van der Waals surface area (Å²) in [5, 5.41) is 11.4. The van der Waals surface area contributed by atoms with Crippen LogP contribution in [0, 0.1) is 13.8 Å². The minimum absolute atomic E-state index is 0.854. The van der Waals surface area contributed by atoms with Crippen molar-refractivity contribution in [3.63, 3.8) is 0 Å². The molecule has 0 saturated carbocycles. The molecule has 70 valence electrons. The lowest BCUT2D eigenvalue weighted by atomic mass is 10.0. The predicted octanol–water partition coefficient (Wildman–Crippen LogP) is 2.12. The summed E-state index contributed by atoms with van der Waals surface area (Å²) < 4.78 is 5.15. The van der Waals surface area contributed by atoms with Crippen LogP contribution in [0.15, 0.2) is 17.3 Å². The molecule has 0 spiro atoms. The van der Waals surface area contributed by atoms with Gasteiger partial charge in [0.15, 0.2) is 0 Å². The minimum Gasteiger partial charge on any atom is -0.496 e. The van der Waals surface area contributed by atoms with E-state index in [1.807, 2.05) is 26.0 Å². The van der Waals surface area contributed by atoms with E-state index in [4.69, 9.17) is 9.94 Å². The average molecular weight is 179 g/mol. The van der Waals surface area contributed by atoms with Crippen molar-refractivity contribution >= 4 is 6.21 Å². The van der Waals surface area contributed by atoms with E-state index in [1.165, 1.54) is 6.21 Å². The van der Waals surface area contributed by atoms with E-state index in [2.05, 4.69) is 5.16 Å². The average Bonchev–Trinajstić information content (AvgIpc) is 2.14. The van der Waals surface area contributed by atoms with Crippen LogP contribution in [-0.4, -0.2) is 18.5 Å². The van der Waals surface area contributed by atoms with Gasteiger partial charge in [0.2, 0.25) is 0 Å². The Balaban J connectivity index is 3.22. The second kappa shape index (κ2) is 3.94. The van der Waals surface area contributed by atoms with Crippen molar-refractivity contribution in [2.75, 3.05) is 7.11 Å². The molecule has 0 aliphatic rings. The Morgan fingerprint density at radius 3 is 2.54 bits per heavy atom. The molecule has 13 heavy (non-hydrogen) atoms. The monoisotopic (exact) mass is 179 g/mol. The number of nitrogens with zero attached hydrogens (tertiary/aromatic N) is 1. The largest absolute Gasteiger partial charge is 0.496 e. The highest BCUT2D eigenvalue weighted by molar-refractivity contribution is 5.82. The summed E-state index contributed by atoms with van der Waals surface area (Å²) in [7, 11) is 1.64. The lowest BCUT2D eigenvalue weighted by Gasteiger charge is -2.08. The zero-order chi connectivity index (χ0) is 9.84. The van der Waals surface area contributed by atoms with Crippen LogP contribution in [0.25, 0.3) is 0 Å². The normalized spacial score (nSPS) is 10.7. The van der Waals surface area contributed by atoms with Gasteiger partial charge in [-0.2, -0.15) is 0 Å². The lowest BCUT2D eigenvalue weighted by molar-refractivity contribution is 0.322. The Bertz CT molecular complexity index is 332. The van der Waals surface area contributed by atoms with Crippen LogP contribution in [-0.2, 0) is 0 Å². The second-order valence-electron chi connectivity index (χ2n) is 2.85. The third-order valence-electron chi connectivity index (χ3n) is 2.20. The fourth-order valence-electron chi connectivity index (χ4n) is 1.24. The van der Waals surface area contributed by atoms with Gasteiger partial charge >= 0.3 is 0 Å². The first-order valence-corrected chi connectivity index (χ1v) is 4.02. The van der Waals surface area contributed by atoms with Crippen molar-refractivity contribution in [1.82, 2.24) is 0 Å². The Labute approximate surface area is 77.6 Å². The van der Waals surface area contributed by atoms with Gasteiger partial charge in [-0.25, -0.2) is 0 Å². The maximum atomic E-state index is 8.40. The molecule has 1 aromatic rings. The zero-order valence-corrected chi connectivity index (χ0v) is 8.03. The molecule has 0 saturated heterocycles. The van der Waals surface area contributed by atoms with Crippen molar-refractivity contribution < 1.29 is 9.94 Å². The molecule has 0 heterocycles. The fourth-order valence-corrected chi connectivity index (χ4v) is 1.24. The Kier molecular flexibility index (Phi) is 2.90. The predicted molar refractivity (Wildman–Crippen MR) is 51.8 cm³/mol. The molecule has 0 radical (unpaired) electrons. The molecular formula is C10H13NO2. The first kappa shape index (κ1) is 9.58. The quantitative estimate of drug-likeness (QED) is 0.429. The Morgan fingerprint density at radius 1 is 1.31 bits per heavy atom. The summed E-state index contributed by atoms with van der Waals surface area (Å²) in [6.07, 6.45) is 1.42. The smallest absolute Gasteiger partial charge is 0.122 e. The summed E-state index contributed by atoms with van der Waals surface area (Å²) in [5.74, 6) is 0.854. The van der Waals surface area contributed by atoms with E-state index >= 15 is 0 Å². The summed E-state index contributed by atoms with van der Waals surface area (Å²) in [6.45, 7) is 3.94. The van der Waals surface area contributed by atoms with Gasteiger partial charge in [0.05, 0.1) is 13.3 Å². The number of oxime groups is 1. The van der Waals surface area contributed by atoms with Gasteiger partial charge in [-0.15, -0.1) is 0 Å². The van der Waals surface area contributed by atoms with Crippen LogP contribution in [0.3, 0.4) is 0 Å². The SMILES string of the molecule is COc1ccc(/C=N/O)c(C)c1C. The number of rotatable bonds is 2. The van der Waals surface area contributed by atoms with Crippen molar-refractivity contribution in [2.45, 2.75) is 13.8 Å². The van der Waals surface area contributed by atoms with E-state index < -0.39 is 0 Å². The van der Waals surface area contributed by atoms with Gasteiger partial charge < -0.3 is 9.94 Å². The molecule has 3 nitrogen and oxygen atoms in total. The van der Waals surface area contributed by atoms with Crippen LogP contribution in [0.1, 0.15) is 16.7 Å². The molecule has 0 atom stereocenters. The maximum absolute atomic E-state index is 8.40. The van der Waals surface area contributed by atoms with Crippen LogP contribution >= 0.6 is 0 Å². The van der Waals surface area contributed by atoms with Crippen molar-refractivity contribution in [1.29, 1.82) is 0 Å². The lowest BCUT2D eigenvalue weighted by Crippen LogP contribution is -1.94. The highest BCUT2D eigenvalue weighted by Crippen LogP contribution is 2.22. The molecule has 1 aromatic carbocycles. The maximum Gasteiger partial charge on any atom is 0.122 e. The highest BCUT2D eigenvalue weighted by atomic mass is 16.5. The van der Waals surface area contributed by atoms with E-state index in [0.717, 1.165) is 22.4 Å². The Hall–Kier alpha value is -1.51. The zero-order valence-electron chi connectivity index (χ0n) is 8.03. The summed E-state index contributed by atoms with van der Waals surface area (Å²) in [4.78, 5) is 0. The van der Waals surface area contributed by atoms with E-state index in [9.17, 15) is 0 Å². The van der Waals surface area contributed by atoms with Crippen LogP contribution in [0.5, 0.6) is 5.75 Å². The standard InChI is InChI=1S/C10H13NO2/c1-7-8(2)10(13-3)5-4-9(7)6-11-12/h4-6,12H,1-3H3/b11-6+. The van der Waals surface area contributed by atoms with Gasteiger partial charge in [0, 0.05) is 0 Å². The van der Waals surface area contributed by atoms with E-state index in [1.54, 1.807) is 7.11 Å². The third-order valence-corrected chi connectivity index (χ3v) is 2.20. The minimum atomic E-state index is 0.854. The first-order chi connectivity index (χ1) is 6.20. The topological polar surface area (TPSA) is 41.8 Å². The Morgan fingerprint density at radius 2 is 2.00 bits per heavy atom. The van der Waals surface area contributed by atoms with Crippen molar-refractivity contribution in [2.24, 2.45) is 5.16 Å². The highest BCUT2D eigenvalue weighted by Gasteiger charge is 2.04. The third kappa shape index (κ3) is 1.80. The number of hydrogen-bond donors (Lipinski definition) is 1. The van der Waals surface area contributed by atoms with Crippen molar-refractivity contribution in [3.05, 3.63) is 28.8 Å². The summed E-state index contributed by atoms with van der Waals surface area (Å²) >= 11 is 0. The second-order valence-corrected chi connectivity index (χ2v) is 2.85. The number of methoxy groups -OCH3 is 1. The molecular weight excluding hydrogens is 166 g/mol. The van der Waals surface area contributed by atoms with Crippen molar-refractivity contribution in [3.8, 4) is 5.75 Å². The summed E-state index contributed by atoms with van der Waals surface area (Å²) in [6, 6.07) is 3.72. The van der Waals surface area contributed by atoms with E-state index in [0.29, 0.717) is 0 Å². The molecule has 0 fully saturated rings. The van der Waals surface area contributed by atoms with Crippen LogP contribution < -0.4 is 4.74 Å². The number of ether oxygens (including phenoxy) is 1. The van der Waals surface area contributed by atoms with Gasteiger partial charge in [-0.3, -0.25) is 0 Å². The first-order valence-electron chi connectivity index (χ1n) is 4.02. The molecule has 0 bridgehead atoms. The van der Waals surface area contributed by atoms with Crippen LogP contribution in [0.2, 0.25) is 0 Å². The molecule has 0 aliphatic heterocycles.